The Kier molecular flexibility index (Phi) is 6.43. The molecule has 2 aliphatic carbocycles. The number of hydrogen-bond donors (Lipinski definition) is 1. The monoisotopic (exact) mass is 463 g/mol. The van der Waals surface area contributed by atoms with Crippen LogP contribution in [0.1, 0.15) is 39.0 Å². The molecule has 2 aromatic rings. The van der Waals surface area contributed by atoms with E-state index in [1.165, 1.54) is 18.4 Å². The quantitative estimate of drug-likeness (QED) is 0.471. The van der Waals surface area contributed by atoms with Crippen molar-refractivity contribution in [1.29, 1.82) is 0 Å². The van der Waals surface area contributed by atoms with E-state index in [9.17, 15) is 9.90 Å². The van der Waals surface area contributed by atoms with E-state index >= 15 is 0 Å². The number of ether oxygens (including phenoxy) is 2. The van der Waals surface area contributed by atoms with Gasteiger partial charge in [-0.3, -0.25) is 4.79 Å². The van der Waals surface area contributed by atoms with Crippen LogP contribution in [-0.4, -0.2) is 54.9 Å². The molecule has 0 spiro atoms. The molecule has 0 aromatic heterocycles. The molecule has 3 fully saturated rings. The lowest BCUT2D eigenvalue weighted by Gasteiger charge is -2.50. The lowest BCUT2D eigenvalue weighted by Crippen LogP contribution is -2.46. The highest BCUT2D eigenvalue weighted by Gasteiger charge is 2.55. The van der Waals surface area contributed by atoms with E-state index in [1.54, 1.807) is 0 Å². The van der Waals surface area contributed by atoms with Crippen LogP contribution >= 0.6 is 0 Å². The summed E-state index contributed by atoms with van der Waals surface area (Å²) in [5.74, 6) is 1.30. The Labute approximate surface area is 202 Å². The van der Waals surface area contributed by atoms with E-state index in [2.05, 4.69) is 30.5 Å². The largest absolute Gasteiger partial charge is 0.490 e. The minimum absolute atomic E-state index is 0.0256. The zero-order valence-electron chi connectivity index (χ0n) is 20.4. The first-order chi connectivity index (χ1) is 16.3. The first-order valence-corrected chi connectivity index (χ1v) is 12.7. The number of benzene rings is 2. The molecule has 182 valence electrons. The summed E-state index contributed by atoms with van der Waals surface area (Å²) in [5.41, 5.74) is 1.58. The Morgan fingerprint density at radius 1 is 1.26 bits per heavy atom. The van der Waals surface area contributed by atoms with Crippen LogP contribution in [0.4, 0.5) is 0 Å². The number of nitrogens with zero attached hydrogens (tertiary/aromatic N) is 1. The van der Waals surface area contributed by atoms with Crippen molar-refractivity contribution in [3.05, 3.63) is 54.6 Å². The van der Waals surface area contributed by atoms with Gasteiger partial charge < -0.3 is 19.5 Å². The molecule has 34 heavy (non-hydrogen) atoms. The van der Waals surface area contributed by atoms with E-state index < -0.39 is 6.10 Å². The number of hydrogen-bond acceptors (Lipinski definition) is 5. The van der Waals surface area contributed by atoms with E-state index in [4.69, 9.17) is 9.47 Å². The highest BCUT2D eigenvalue weighted by molar-refractivity contribution is 5.88. The SMILES string of the molecule is C=C1CCC[C@]2(C)C[C@H]3OC(=O)[C@H](CN(C)C[C@@H](O)COc4cccc5ccccc45)[C@H]3C[C@@H]12. The fourth-order valence-electron chi connectivity index (χ4n) is 6.80. The molecular weight excluding hydrogens is 426 g/mol. The van der Waals surface area contributed by atoms with Gasteiger partial charge in [-0.25, -0.2) is 0 Å². The van der Waals surface area contributed by atoms with Crippen LogP contribution in [0.25, 0.3) is 10.8 Å². The molecule has 1 aliphatic heterocycles. The Morgan fingerprint density at radius 2 is 2.06 bits per heavy atom. The number of aliphatic hydroxyl groups excluding tert-OH is 1. The van der Waals surface area contributed by atoms with Gasteiger partial charge in [0, 0.05) is 24.4 Å². The van der Waals surface area contributed by atoms with Crippen molar-refractivity contribution in [3.8, 4) is 5.75 Å². The van der Waals surface area contributed by atoms with Gasteiger partial charge in [0.15, 0.2) is 0 Å². The average Bonchev–Trinajstić information content (AvgIpc) is 3.09. The highest BCUT2D eigenvalue weighted by Crippen LogP contribution is 2.56. The maximum absolute atomic E-state index is 12.8. The maximum Gasteiger partial charge on any atom is 0.310 e. The highest BCUT2D eigenvalue weighted by atomic mass is 16.6. The molecule has 0 bridgehead atoms. The molecule has 6 atom stereocenters. The maximum atomic E-state index is 12.8. The predicted octanol–water partition coefficient (Wildman–Crippen LogP) is 4.83. The van der Waals surface area contributed by atoms with Gasteiger partial charge in [0.05, 0.1) is 5.92 Å². The molecule has 2 saturated carbocycles. The Balaban J connectivity index is 1.17. The fourth-order valence-corrected chi connectivity index (χ4v) is 6.80. The molecule has 1 saturated heterocycles. The van der Waals surface area contributed by atoms with Crippen molar-refractivity contribution >= 4 is 16.7 Å². The van der Waals surface area contributed by atoms with Crippen molar-refractivity contribution < 1.29 is 19.4 Å². The van der Waals surface area contributed by atoms with Crippen molar-refractivity contribution in [2.24, 2.45) is 23.2 Å². The number of esters is 1. The van der Waals surface area contributed by atoms with Gasteiger partial charge in [0.2, 0.25) is 0 Å². The summed E-state index contributed by atoms with van der Waals surface area (Å²) in [5, 5.41) is 12.8. The van der Waals surface area contributed by atoms with Crippen LogP contribution in [0.15, 0.2) is 54.6 Å². The molecule has 0 amide bonds. The topological polar surface area (TPSA) is 59.0 Å². The van der Waals surface area contributed by atoms with Crippen molar-refractivity contribution in [2.45, 2.75) is 51.2 Å². The molecule has 0 unspecified atom stereocenters. The molecule has 1 heterocycles. The smallest absolute Gasteiger partial charge is 0.310 e. The van der Waals surface area contributed by atoms with Crippen LogP contribution in [0, 0.1) is 23.2 Å². The summed E-state index contributed by atoms with van der Waals surface area (Å²) in [6.07, 6.45) is 4.83. The van der Waals surface area contributed by atoms with E-state index in [0.717, 1.165) is 35.8 Å². The second-order valence-electron chi connectivity index (χ2n) is 11.1. The second kappa shape index (κ2) is 9.35. The van der Waals surface area contributed by atoms with Crippen LogP contribution in [0.3, 0.4) is 0 Å². The van der Waals surface area contributed by atoms with Crippen molar-refractivity contribution in [2.75, 3.05) is 26.7 Å². The molecule has 2 aromatic carbocycles. The molecule has 1 N–H and O–H groups in total. The summed E-state index contributed by atoms with van der Waals surface area (Å²) in [6.45, 7) is 7.99. The number of aliphatic hydroxyl groups is 1. The van der Waals surface area contributed by atoms with Crippen LogP contribution < -0.4 is 4.74 Å². The predicted molar refractivity (Wildman–Crippen MR) is 134 cm³/mol. The Hall–Kier alpha value is -2.37. The number of rotatable bonds is 7. The van der Waals surface area contributed by atoms with Gasteiger partial charge in [-0.2, -0.15) is 0 Å². The summed E-state index contributed by atoms with van der Waals surface area (Å²) < 4.78 is 11.9. The zero-order chi connectivity index (χ0) is 23.9. The standard InChI is InChI=1S/C29H37NO4/c1-19-8-7-13-29(2)15-27-23(14-25(19)29)24(28(32)34-27)17-30(3)16-21(31)18-33-26-12-6-10-20-9-4-5-11-22(20)26/h4-6,9-12,21,23-25,27,31H,1,7-8,13-18H2,2-3H3/t21-,23-,24-,25+,27-,29-/m1/s1. The Bertz CT molecular complexity index is 1060. The molecule has 5 heteroatoms. The molecule has 0 radical (unpaired) electrons. The molecule has 5 nitrogen and oxygen atoms in total. The first-order valence-electron chi connectivity index (χ1n) is 12.7. The average molecular weight is 464 g/mol. The molecule has 3 aliphatic rings. The van der Waals surface area contributed by atoms with E-state index in [-0.39, 0.29) is 35.9 Å². The summed E-state index contributed by atoms with van der Waals surface area (Å²) in [4.78, 5) is 14.9. The Morgan fingerprint density at radius 3 is 2.91 bits per heavy atom. The van der Waals surface area contributed by atoms with Crippen LogP contribution in [0.5, 0.6) is 5.75 Å². The third kappa shape index (κ3) is 4.48. The number of allylic oxidation sites excluding steroid dienone is 1. The lowest BCUT2D eigenvalue weighted by molar-refractivity contribution is -0.146. The van der Waals surface area contributed by atoms with Crippen molar-refractivity contribution in [3.63, 3.8) is 0 Å². The fraction of sp³-hybridized carbons (Fsp3) is 0.552. The van der Waals surface area contributed by atoms with Gasteiger partial charge in [-0.05, 0) is 61.9 Å². The summed E-state index contributed by atoms with van der Waals surface area (Å²) in [7, 11) is 1.97. The van der Waals surface area contributed by atoms with Crippen molar-refractivity contribution in [1.82, 2.24) is 4.90 Å². The number of fused-ring (bicyclic) bond motifs is 3. The number of carbonyl (C=O) groups excluding carboxylic acids is 1. The minimum Gasteiger partial charge on any atom is -0.490 e. The van der Waals surface area contributed by atoms with Gasteiger partial charge in [-0.15, -0.1) is 0 Å². The first kappa shape index (κ1) is 23.4. The lowest BCUT2D eigenvalue weighted by atomic mass is 9.55. The summed E-state index contributed by atoms with van der Waals surface area (Å²) in [6, 6.07) is 14.0. The van der Waals surface area contributed by atoms with Gasteiger partial charge >= 0.3 is 5.97 Å². The minimum atomic E-state index is -0.648. The van der Waals surface area contributed by atoms with Gasteiger partial charge in [0.1, 0.15) is 24.6 Å². The molecular formula is C29H37NO4. The third-order valence-corrected chi connectivity index (χ3v) is 8.53. The van der Waals surface area contributed by atoms with E-state index in [0.29, 0.717) is 19.0 Å². The second-order valence-corrected chi connectivity index (χ2v) is 11.1. The number of likely N-dealkylation sites (N-methyl/N-ethyl adjacent to an activating group) is 1. The van der Waals surface area contributed by atoms with Gasteiger partial charge in [-0.1, -0.05) is 55.5 Å². The van der Waals surface area contributed by atoms with Gasteiger partial charge in [0.25, 0.3) is 0 Å². The number of carbonyl (C=O) groups is 1. The zero-order valence-corrected chi connectivity index (χ0v) is 20.4. The summed E-state index contributed by atoms with van der Waals surface area (Å²) >= 11 is 0. The molecule has 5 rings (SSSR count). The van der Waals surface area contributed by atoms with E-state index in [1.807, 2.05) is 37.4 Å². The van der Waals surface area contributed by atoms with Crippen LogP contribution in [0.2, 0.25) is 0 Å². The normalized spacial score (nSPS) is 31.8. The third-order valence-electron chi connectivity index (χ3n) is 8.53. The van der Waals surface area contributed by atoms with Crippen LogP contribution in [-0.2, 0) is 9.53 Å².